The summed E-state index contributed by atoms with van der Waals surface area (Å²) < 4.78 is 7.98. The predicted molar refractivity (Wildman–Crippen MR) is 108 cm³/mol. The largest absolute Gasteiger partial charge is 0.486 e. The number of halogens is 1. The molecule has 140 valence electrons. The lowest BCUT2D eigenvalue weighted by Gasteiger charge is -2.13. The number of aromatic nitrogens is 4. The Bertz CT molecular complexity index is 910. The first-order valence-electron chi connectivity index (χ1n) is 9.11. The van der Waals surface area contributed by atoms with Crippen molar-refractivity contribution in [2.45, 2.75) is 49.6 Å². The van der Waals surface area contributed by atoms with E-state index in [0.717, 1.165) is 28.0 Å². The predicted octanol–water partition coefficient (Wildman–Crippen LogP) is 5.24. The van der Waals surface area contributed by atoms with Crippen LogP contribution in [0, 0.1) is 6.92 Å². The lowest BCUT2D eigenvalue weighted by atomic mass is 10.2. The Morgan fingerprint density at radius 3 is 2.81 bits per heavy atom. The van der Waals surface area contributed by atoms with E-state index in [9.17, 15) is 0 Å². The summed E-state index contributed by atoms with van der Waals surface area (Å²) >= 11 is 8.00. The molecule has 27 heavy (non-hydrogen) atoms. The van der Waals surface area contributed by atoms with Gasteiger partial charge in [0.05, 0.1) is 11.9 Å². The minimum atomic E-state index is 0.312. The molecule has 1 fully saturated rings. The van der Waals surface area contributed by atoms with Crippen molar-refractivity contribution in [1.29, 1.82) is 0 Å². The van der Waals surface area contributed by atoms with Gasteiger partial charge in [0.2, 0.25) is 0 Å². The number of thioether (sulfide) groups is 1. The van der Waals surface area contributed by atoms with Crippen molar-refractivity contribution in [3.63, 3.8) is 0 Å². The van der Waals surface area contributed by atoms with Gasteiger partial charge in [0.1, 0.15) is 12.4 Å². The van der Waals surface area contributed by atoms with E-state index in [1.165, 1.54) is 25.7 Å². The van der Waals surface area contributed by atoms with Gasteiger partial charge in [-0.1, -0.05) is 42.3 Å². The van der Waals surface area contributed by atoms with Crippen molar-refractivity contribution < 1.29 is 4.74 Å². The Kier molecular flexibility index (Phi) is 5.64. The van der Waals surface area contributed by atoms with Crippen LogP contribution >= 0.6 is 23.4 Å². The van der Waals surface area contributed by atoms with Crippen LogP contribution in [0.1, 0.15) is 37.1 Å². The van der Waals surface area contributed by atoms with Crippen LogP contribution < -0.4 is 4.74 Å². The van der Waals surface area contributed by atoms with Gasteiger partial charge < -0.3 is 4.74 Å². The van der Waals surface area contributed by atoms with E-state index < -0.39 is 0 Å². The summed E-state index contributed by atoms with van der Waals surface area (Å²) in [5.74, 6) is 1.47. The maximum absolute atomic E-state index is 6.20. The van der Waals surface area contributed by atoms with E-state index in [1.807, 2.05) is 48.0 Å². The first kappa shape index (κ1) is 18.3. The summed E-state index contributed by atoms with van der Waals surface area (Å²) in [5.41, 5.74) is 1.97. The number of ether oxygens (including phenoxy) is 1. The van der Waals surface area contributed by atoms with E-state index in [2.05, 4.69) is 15.2 Å². The standard InChI is InChI=1S/C20H21ClN4OS/c1-14-8-9-16(11-18(14)21)26-13-19-23-24-20(27-17-6-2-3-7-17)25(19)15-5-4-10-22-12-15/h4-5,8-12,17H,2-3,6-7,13H2,1H3. The molecule has 0 radical (unpaired) electrons. The van der Waals surface area contributed by atoms with E-state index in [-0.39, 0.29) is 0 Å². The molecule has 0 aliphatic heterocycles. The lowest BCUT2D eigenvalue weighted by molar-refractivity contribution is 0.292. The Balaban J connectivity index is 1.59. The zero-order valence-corrected chi connectivity index (χ0v) is 16.7. The molecule has 3 aromatic rings. The smallest absolute Gasteiger partial charge is 0.196 e. The fourth-order valence-corrected chi connectivity index (χ4v) is 4.62. The fourth-order valence-electron chi connectivity index (χ4n) is 3.18. The van der Waals surface area contributed by atoms with E-state index in [0.29, 0.717) is 16.9 Å². The molecule has 0 unspecified atom stereocenters. The van der Waals surface area contributed by atoms with E-state index in [1.54, 1.807) is 18.0 Å². The van der Waals surface area contributed by atoms with Gasteiger partial charge in [-0.2, -0.15) is 0 Å². The first-order chi connectivity index (χ1) is 13.2. The minimum absolute atomic E-state index is 0.312. The second kappa shape index (κ2) is 8.31. The number of aryl methyl sites for hydroxylation is 1. The van der Waals surface area contributed by atoms with Crippen molar-refractivity contribution in [3.05, 3.63) is 59.1 Å². The summed E-state index contributed by atoms with van der Waals surface area (Å²) in [4.78, 5) is 4.25. The molecule has 1 aromatic carbocycles. The maximum atomic E-state index is 6.20. The third-order valence-electron chi connectivity index (χ3n) is 4.69. The van der Waals surface area contributed by atoms with Crippen LogP contribution in [0.4, 0.5) is 0 Å². The average molecular weight is 401 g/mol. The van der Waals surface area contributed by atoms with Gasteiger partial charge in [-0.25, -0.2) is 0 Å². The molecule has 1 aliphatic carbocycles. The highest BCUT2D eigenvalue weighted by Crippen LogP contribution is 2.35. The maximum Gasteiger partial charge on any atom is 0.196 e. The molecule has 0 spiro atoms. The number of nitrogens with zero attached hydrogens (tertiary/aromatic N) is 4. The van der Waals surface area contributed by atoms with Gasteiger partial charge in [-0.15, -0.1) is 10.2 Å². The van der Waals surface area contributed by atoms with E-state index >= 15 is 0 Å². The van der Waals surface area contributed by atoms with Crippen molar-refractivity contribution in [2.24, 2.45) is 0 Å². The molecule has 1 saturated carbocycles. The Morgan fingerprint density at radius 2 is 2.07 bits per heavy atom. The zero-order valence-electron chi connectivity index (χ0n) is 15.1. The Labute approximate surface area is 168 Å². The Morgan fingerprint density at radius 1 is 1.22 bits per heavy atom. The zero-order chi connectivity index (χ0) is 18.6. The Hall–Kier alpha value is -2.05. The summed E-state index contributed by atoms with van der Waals surface area (Å²) in [7, 11) is 0. The van der Waals surface area contributed by atoms with Crippen LogP contribution in [0.25, 0.3) is 5.69 Å². The molecule has 4 rings (SSSR count). The topological polar surface area (TPSA) is 52.8 Å². The fraction of sp³-hybridized carbons (Fsp3) is 0.350. The van der Waals surface area contributed by atoms with Gasteiger partial charge in [0.15, 0.2) is 11.0 Å². The van der Waals surface area contributed by atoms with Crippen LogP contribution in [-0.4, -0.2) is 25.0 Å². The van der Waals surface area contributed by atoms with Gasteiger partial charge >= 0.3 is 0 Å². The number of rotatable bonds is 6. The molecule has 0 saturated heterocycles. The second-order valence-electron chi connectivity index (χ2n) is 6.67. The van der Waals surface area contributed by atoms with Gasteiger partial charge in [-0.05, 0) is 49.6 Å². The SMILES string of the molecule is Cc1ccc(OCc2nnc(SC3CCCC3)n2-c2cccnc2)cc1Cl. The third-order valence-corrected chi connectivity index (χ3v) is 6.38. The number of hydrogen-bond acceptors (Lipinski definition) is 5. The minimum Gasteiger partial charge on any atom is -0.486 e. The van der Waals surface area contributed by atoms with E-state index in [4.69, 9.17) is 16.3 Å². The molecule has 0 atom stereocenters. The monoisotopic (exact) mass is 400 g/mol. The molecule has 1 aliphatic rings. The molecule has 2 aromatic heterocycles. The highest BCUT2D eigenvalue weighted by atomic mass is 35.5. The molecule has 2 heterocycles. The lowest BCUT2D eigenvalue weighted by Crippen LogP contribution is -2.08. The number of benzene rings is 1. The van der Waals surface area contributed by atoms with Crippen molar-refractivity contribution in [2.75, 3.05) is 0 Å². The summed E-state index contributed by atoms with van der Waals surface area (Å²) in [6.07, 6.45) is 8.65. The highest BCUT2D eigenvalue weighted by Gasteiger charge is 2.22. The molecular weight excluding hydrogens is 380 g/mol. The first-order valence-corrected chi connectivity index (χ1v) is 10.4. The molecular formula is C20H21ClN4OS. The molecule has 0 bridgehead atoms. The van der Waals surface area contributed by atoms with Crippen LogP contribution in [0.3, 0.4) is 0 Å². The summed E-state index contributed by atoms with van der Waals surface area (Å²) in [6.45, 7) is 2.28. The van der Waals surface area contributed by atoms with Gasteiger partial charge in [-0.3, -0.25) is 9.55 Å². The molecule has 5 nitrogen and oxygen atoms in total. The van der Waals surface area contributed by atoms with Crippen molar-refractivity contribution in [1.82, 2.24) is 19.7 Å². The number of pyridine rings is 1. The third kappa shape index (κ3) is 4.28. The average Bonchev–Trinajstić information content (AvgIpc) is 3.34. The van der Waals surface area contributed by atoms with Crippen molar-refractivity contribution in [3.8, 4) is 11.4 Å². The summed E-state index contributed by atoms with van der Waals surface area (Å²) in [5, 5.41) is 11.0. The molecule has 0 N–H and O–H groups in total. The summed E-state index contributed by atoms with van der Waals surface area (Å²) in [6, 6.07) is 9.63. The van der Waals surface area contributed by atoms with Crippen molar-refractivity contribution >= 4 is 23.4 Å². The van der Waals surface area contributed by atoms with Crippen LogP contribution in [-0.2, 0) is 6.61 Å². The van der Waals surface area contributed by atoms with Crippen LogP contribution in [0.15, 0.2) is 47.9 Å². The molecule has 0 amide bonds. The molecule has 7 heteroatoms. The second-order valence-corrected chi connectivity index (χ2v) is 8.34. The van der Waals surface area contributed by atoms with Gasteiger partial charge in [0.25, 0.3) is 0 Å². The highest BCUT2D eigenvalue weighted by molar-refractivity contribution is 7.99. The van der Waals surface area contributed by atoms with Crippen LogP contribution in [0.2, 0.25) is 5.02 Å². The van der Waals surface area contributed by atoms with Crippen LogP contribution in [0.5, 0.6) is 5.75 Å². The van der Waals surface area contributed by atoms with Gasteiger partial charge in [0, 0.05) is 16.5 Å². The number of hydrogen-bond donors (Lipinski definition) is 0. The normalized spacial score (nSPS) is 14.6. The quantitative estimate of drug-likeness (QED) is 0.566.